The number of aryl methyl sites for hydroxylation is 1. The zero-order valence-electron chi connectivity index (χ0n) is 13.4. The van der Waals surface area contributed by atoms with Gasteiger partial charge in [0.2, 0.25) is 0 Å². The van der Waals surface area contributed by atoms with Gasteiger partial charge >= 0.3 is 0 Å². The Morgan fingerprint density at radius 2 is 1.58 bits per heavy atom. The second-order valence-corrected chi connectivity index (χ2v) is 5.88. The van der Waals surface area contributed by atoms with Gasteiger partial charge in [0.1, 0.15) is 11.5 Å². The van der Waals surface area contributed by atoms with Gasteiger partial charge in [-0.3, -0.25) is 0 Å². The highest BCUT2D eigenvalue weighted by atomic mass is 14.9. The van der Waals surface area contributed by atoms with Crippen LogP contribution < -0.4 is 5.73 Å². The number of nitrogens with zero attached hydrogens (tertiary/aromatic N) is 2. The quantitative estimate of drug-likeness (QED) is 0.575. The predicted octanol–water partition coefficient (Wildman–Crippen LogP) is 4.85. The van der Waals surface area contributed by atoms with E-state index in [1.807, 2.05) is 24.3 Å². The molecule has 0 saturated heterocycles. The summed E-state index contributed by atoms with van der Waals surface area (Å²) in [6.45, 7) is 2.07. The van der Waals surface area contributed by atoms with E-state index in [9.17, 15) is 0 Å². The summed E-state index contributed by atoms with van der Waals surface area (Å²) in [6, 6.07) is 22.7. The lowest BCUT2D eigenvalue weighted by atomic mass is 10.0. The molecule has 116 valence electrons. The van der Waals surface area contributed by atoms with Crippen molar-refractivity contribution in [1.82, 2.24) is 9.97 Å². The molecule has 0 aliphatic heterocycles. The fourth-order valence-corrected chi connectivity index (χ4v) is 2.89. The Hall–Kier alpha value is -3.20. The van der Waals surface area contributed by atoms with E-state index in [2.05, 4.69) is 54.4 Å². The van der Waals surface area contributed by atoms with Crippen molar-refractivity contribution >= 4 is 16.6 Å². The SMILES string of the molecule is Cc1ccc(-c2cnc(N)c(-c3cccc4ccccc34)n2)cc1. The van der Waals surface area contributed by atoms with E-state index in [1.165, 1.54) is 5.56 Å². The molecule has 0 aliphatic carbocycles. The normalized spacial score (nSPS) is 10.9. The third kappa shape index (κ3) is 2.50. The van der Waals surface area contributed by atoms with E-state index in [4.69, 9.17) is 10.7 Å². The van der Waals surface area contributed by atoms with Crippen molar-refractivity contribution < 1.29 is 0 Å². The van der Waals surface area contributed by atoms with Gasteiger partial charge in [0.15, 0.2) is 0 Å². The van der Waals surface area contributed by atoms with Crippen LogP contribution >= 0.6 is 0 Å². The summed E-state index contributed by atoms with van der Waals surface area (Å²) in [6.07, 6.45) is 1.73. The molecule has 1 heterocycles. The van der Waals surface area contributed by atoms with E-state index in [0.29, 0.717) is 5.82 Å². The molecule has 0 aliphatic rings. The first-order valence-electron chi connectivity index (χ1n) is 7.90. The molecule has 0 radical (unpaired) electrons. The second-order valence-electron chi connectivity index (χ2n) is 5.88. The minimum absolute atomic E-state index is 0.446. The standard InChI is InChI=1S/C21H17N3/c1-14-9-11-16(12-10-14)19-13-23-21(22)20(24-19)18-8-4-6-15-5-2-3-7-17(15)18/h2-13H,1H3,(H2,22,23). The Labute approximate surface area is 140 Å². The highest BCUT2D eigenvalue weighted by molar-refractivity contribution is 5.97. The highest BCUT2D eigenvalue weighted by Crippen LogP contribution is 2.31. The lowest BCUT2D eigenvalue weighted by molar-refractivity contribution is 1.22. The van der Waals surface area contributed by atoms with Crippen LogP contribution in [0.4, 0.5) is 5.82 Å². The summed E-state index contributed by atoms with van der Waals surface area (Å²) in [5.74, 6) is 0.446. The first-order valence-corrected chi connectivity index (χ1v) is 7.90. The minimum atomic E-state index is 0.446. The molecule has 0 bridgehead atoms. The number of rotatable bonds is 2. The van der Waals surface area contributed by atoms with E-state index >= 15 is 0 Å². The Bertz CT molecular complexity index is 1020. The predicted molar refractivity (Wildman–Crippen MR) is 99.6 cm³/mol. The minimum Gasteiger partial charge on any atom is -0.382 e. The molecule has 2 N–H and O–H groups in total. The van der Waals surface area contributed by atoms with Gasteiger partial charge in [-0.1, -0.05) is 72.3 Å². The molecule has 3 aromatic carbocycles. The summed E-state index contributed by atoms with van der Waals surface area (Å²) >= 11 is 0. The third-order valence-corrected chi connectivity index (χ3v) is 4.19. The van der Waals surface area contributed by atoms with Crippen LogP contribution in [0.2, 0.25) is 0 Å². The van der Waals surface area contributed by atoms with Crippen LogP contribution in [0.3, 0.4) is 0 Å². The molecule has 0 saturated carbocycles. The number of fused-ring (bicyclic) bond motifs is 1. The summed E-state index contributed by atoms with van der Waals surface area (Å²) in [4.78, 5) is 9.18. The fourth-order valence-electron chi connectivity index (χ4n) is 2.89. The lowest BCUT2D eigenvalue weighted by Gasteiger charge is -2.10. The maximum absolute atomic E-state index is 6.14. The summed E-state index contributed by atoms with van der Waals surface area (Å²) in [7, 11) is 0. The number of anilines is 1. The molecule has 0 spiro atoms. The van der Waals surface area contributed by atoms with Gasteiger partial charge in [-0.15, -0.1) is 0 Å². The highest BCUT2D eigenvalue weighted by Gasteiger charge is 2.11. The van der Waals surface area contributed by atoms with E-state index in [0.717, 1.165) is 33.3 Å². The van der Waals surface area contributed by atoms with Crippen LogP contribution in [0.1, 0.15) is 5.56 Å². The molecular formula is C21H17N3. The Morgan fingerprint density at radius 1 is 0.833 bits per heavy atom. The van der Waals surface area contributed by atoms with Crippen LogP contribution in [0.25, 0.3) is 33.3 Å². The number of hydrogen-bond acceptors (Lipinski definition) is 3. The molecule has 24 heavy (non-hydrogen) atoms. The van der Waals surface area contributed by atoms with Gasteiger partial charge in [0.05, 0.1) is 11.9 Å². The van der Waals surface area contributed by atoms with Gasteiger partial charge in [-0.2, -0.15) is 0 Å². The van der Waals surface area contributed by atoms with Crippen LogP contribution in [-0.4, -0.2) is 9.97 Å². The summed E-state index contributed by atoms with van der Waals surface area (Å²) < 4.78 is 0. The van der Waals surface area contributed by atoms with Gasteiger partial charge < -0.3 is 5.73 Å². The topological polar surface area (TPSA) is 51.8 Å². The molecule has 0 unspecified atom stereocenters. The van der Waals surface area contributed by atoms with Gasteiger partial charge in [-0.05, 0) is 17.7 Å². The molecule has 3 nitrogen and oxygen atoms in total. The summed E-state index contributed by atoms with van der Waals surface area (Å²) in [5, 5.41) is 2.29. The second kappa shape index (κ2) is 5.78. The van der Waals surface area contributed by atoms with Crippen molar-refractivity contribution in [3.63, 3.8) is 0 Å². The molecule has 3 heteroatoms. The smallest absolute Gasteiger partial charge is 0.150 e. The van der Waals surface area contributed by atoms with Gasteiger partial charge in [-0.25, -0.2) is 9.97 Å². The zero-order valence-corrected chi connectivity index (χ0v) is 13.4. The van der Waals surface area contributed by atoms with E-state index in [1.54, 1.807) is 6.20 Å². The first kappa shape index (κ1) is 14.4. The Morgan fingerprint density at radius 3 is 2.42 bits per heavy atom. The van der Waals surface area contributed by atoms with Crippen molar-refractivity contribution in [2.45, 2.75) is 6.92 Å². The maximum Gasteiger partial charge on any atom is 0.150 e. The van der Waals surface area contributed by atoms with Crippen molar-refractivity contribution in [2.24, 2.45) is 0 Å². The van der Waals surface area contributed by atoms with Crippen LogP contribution in [0.5, 0.6) is 0 Å². The Balaban J connectivity index is 1.91. The number of aromatic nitrogens is 2. The van der Waals surface area contributed by atoms with Crippen molar-refractivity contribution in [2.75, 3.05) is 5.73 Å². The number of hydrogen-bond donors (Lipinski definition) is 1. The number of nitrogen functional groups attached to an aromatic ring is 1. The Kier molecular flexibility index (Phi) is 3.47. The van der Waals surface area contributed by atoms with Gasteiger partial charge in [0.25, 0.3) is 0 Å². The van der Waals surface area contributed by atoms with Crippen molar-refractivity contribution in [3.8, 4) is 22.5 Å². The average Bonchev–Trinajstić information content (AvgIpc) is 2.63. The van der Waals surface area contributed by atoms with Crippen LogP contribution in [-0.2, 0) is 0 Å². The van der Waals surface area contributed by atoms with Gasteiger partial charge in [0, 0.05) is 11.1 Å². The molecule has 0 fully saturated rings. The van der Waals surface area contributed by atoms with Crippen LogP contribution in [0.15, 0.2) is 72.9 Å². The molecule has 1 aromatic heterocycles. The van der Waals surface area contributed by atoms with Crippen LogP contribution in [0, 0.1) is 6.92 Å². The summed E-state index contributed by atoms with van der Waals surface area (Å²) in [5.41, 5.74) is 11.0. The molecule has 4 rings (SSSR count). The number of benzene rings is 3. The zero-order chi connectivity index (χ0) is 16.5. The number of nitrogens with two attached hydrogens (primary N) is 1. The van der Waals surface area contributed by atoms with Crippen molar-refractivity contribution in [3.05, 3.63) is 78.5 Å². The molecule has 0 amide bonds. The lowest BCUT2D eigenvalue weighted by Crippen LogP contribution is -1.99. The molecule has 0 atom stereocenters. The van der Waals surface area contributed by atoms with Crippen molar-refractivity contribution in [1.29, 1.82) is 0 Å². The average molecular weight is 311 g/mol. The maximum atomic E-state index is 6.14. The van der Waals surface area contributed by atoms with E-state index in [-0.39, 0.29) is 0 Å². The largest absolute Gasteiger partial charge is 0.382 e. The molecule has 4 aromatic rings. The first-order chi connectivity index (χ1) is 11.7. The fraction of sp³-hybridized carbons (Fsp3) is 0.0476. The third-order valence-electron chi connectivity index (χ3n) is 4.19. The van der Waals surface area contributed by atoms with E-state index < -0.39 is 0 Å². The molecular weight excluding hydrogens is 294 g/mol. The monoisotopic (exact) mass is 311 g/mol.